The third kappa shape index (κ3) is 4.01. The fraction of sp³-hybridized carbons (Fsp3) is 0.375. The van der Waals surface area contributed by atoms with Crippen LogP contribution in [0.4, 0.5) is 0 Å². The lowest BCUT2D eigenvalue weighted by atomic mass is 10.0. The van der Waals surface area contributed by atoms with Crippen LogP contribution >= 0.6 is 0 Å². The molecule has 0 spiro atoms. The predicted octanol–water partition coefficient (Wildman–Crippen LogP) is 1.42. The first-order chi connectivity index (χ1) is 11.7. The first kappa shape index (κ1) is 15.8. The summed E-state index contributed by atoms with van der Waals surface area (Å²) in [5, 5.41) is 18.5. The summed E-state index contributed by atoms with van der Waals surface area (Å²) in [6, 6.07) is 3.44. The zero-order valence-electron chi connectivity index (χ0n) is 13.1. The number of nitrogens with one attached hydrogen (secondary N) is 1. The van der Waals surface area contributed by atoms with Gasteiger partial charge in [0, 0.05) is 37.6 Å². The Balaban J connectivity index is 1.51. The zero-order valence-corrected chi connectivity index (χ0v) is 13.1. The maximum absolute atomic E-state index is 12.3. The summed E-state index contributed by atoms with van der Waals surface area (Å²) in [7, 11) is 0. The van der Waals surface area contributed by atoms with Gasteiger partial charge in [0.15, 0.2) is 5.66 Å². The Morgan fingerprint density at radius 2 is 2.08 bits per heavy atom. The molecule has 1 aliphatic heterocycles. The molecule has 3 rings (SSSR count). The van der Waals surface area contributed by atoms with Crippen LogP contribution in [0.15, 0.2) is 41.2 Å². The number of rotatable bonds is 8. The normalized spacial score (nSPS) is 14.1. The van der Waals surface area contributed by atoms with Crippen molar-refractivity contribution in [2.45, 2.75) is 31.5 Å². The molecule has 0 bridgehead atoms. The smallest absolute Gasteiger partial charge is 0.251 e. The van der Waals surface area contributed by atoms with Gasteiger partial charge in [-0.05, 0) is 12.1 Å². The van der Waals surface area contributed by atoms with Crippen LogP contribution < -0.4 is 5.32 Å². The van der Waals surface area contributed by atoms with Crippen molar-refractivity contribution >= 4 is 5.91 Å². The van der Waals surface area contributed by atoms with Gasteiger partial charge in [-0.2, -0.15) is 10.2 Å². The molecule has 1 amide bonds. The average molecular weight is 323 g/mol. The lowest BCUT2D eigenvalue weighted by Crippen LogP contribution is -2.28. The Morgan fingerprint density at radius 1 is 1.29 bits per heavy atom. The standard InChI is InChI=1S/C16H17N7O/c1-2-3-5-16(21-22-16)6-8-18-15(24)13-4-7-17-14(9-13)10-23-11-19-20-12-23/h1,4,7,9,11-12H,3,5-6,8,10H2,(H,18,24). The summed E-state index contributed by atoms with van der Waals surface area (Å²) in [6.45, 7) is 1.01. The minimum atomic E-state index is -0.378. The third-order valence-electron chi connectivity index (χ3n) is 3.75. The maximum atomic E-state index is 12.3. The van der Waals surface area contributed by atoms with Crippen LogP contribution in [0.5, 0.6) is 0 Å². The highest BCUT2D eigenvalue weighted by atomic mass is 16.1. The molecule has 2 aromatic rings. The molecule has 1 aliphatic rings. The minimum absolute atomic E-state index is 0.143. The van der Waals surface area contributed by atoms with E-state index in [-0.39, 0.29) is 11.6 Å². The van der Waals surface area contributed by atoms with Crippen molar-refractivity contribution in [3.63, 3.8) is 0 Å². The summed E-state index contributed by atoms with van der Waals surface area (Å²) in [4.78, 5) is 16.5. The molecule has 0 fully saturated rings. The van der Waals surface area contributed by atoms with E-state index in [4.69, 9.17) is 6.42 Å². The monoisotopic (exact) mass is 323 g/mol. The van der Waals surface area contributed by atoms with Crippen molar-refractivity contribution in [2.24, 2.45) is 10.2 Å². The maximum Gasteiger partial charge on any atom is 0.251 e. The number of terminal acetylenes is 1. The second-order valence-corrected chi connectivity index (χ2v) is 5.56. The van der Waals surface area contributed by atoms with Crippen LogP contribution in [0.2, 0.25) is 0 Å². The molecule has 0 unspecified atom stereocenters. The molecule has 3 heterocycles. The van der Waals surface area contributed by atoms with E-state index in [9.17, 15) is 4.79 Å². The SMILES string of the molecule is C#CCCC1(CCNC(=O)c2ccnc(Cn3cnnc3)c2)N=N1. The third-order valence-corrected chi connectivity index (χ3v) is 3.75. The highest BCUT2D eigenvalue weighted by molar-refractivity contribution is 5.94. The molecular weight excluding hydrogens is 306 g/mol. The fourth-order valence-corrected chi connectivity index (χ4v) is 2.34. The van der Waals surface area contributed by atoms with Gasteiger partial charge in [0.1, 0.15) is 12.7 Å². The Kier molecular flexibility index (Phi) is 4.61. The zero-order chi connectivity index (χ0) is 16.8. The van der Waals surface area contributed by atoms with Crippen LogP contribution in [0.25, 0.3) is 0 Å². The molecule has 0 aliphatic carbocycles. The van der Waals surface area contributed by atoms with Crippen LogP contribution in [-0.4, -0.2) is 37.9 Å². The molecule has 0 atom stereocenters. The van der Waals surface area contributed by atoms with Gasteiger partial charge >= 0.3 is 0 Å². The number of nitrogens with zero attached hydrogens (tertiary/aromatic N) is 6. The van der Waals surface area contributed by atoms with Crippen LogP contribution in [0.3, 0.4) is 0 Å². The second kappa shape index (κ2) is 7.00. The Bertz CT molecular complexity index is 770. The molecule has 0 aromatic carbocycles. The van der Waals surface area contributed by atoms with E-state index in [0.29, 0.717) is 31.5 Å². The lowest BCUT2D eigenvalue weighted by molar-refractivity contribution is 0.0951. The van der Waals surface area contributed by atoms with E-state index in [1.54, 1.807) is 35.6 Å². The molecular formula is C16H17N7O. The highest BCUT2D eigenvalue weighted by Crippen LogP contribution is 2.36. The molecule has 8 heteroatoms. The van der Waals surface area contributed by atoms with Crippen molar-refractivity contribution < 1.29 is 4.79 Å². The van der Waals surface area contributed by atoms with Crippen molar-refractivity contribution in [3.05, 3.63) is 42.2 Å². The van der Waals surface area contributed by atoms with Gasteiger partial charge in [0.25, 0.3) is 5.91 Å². The van der Waals surface area contributed by atoms with Crippen LogP contribution in [0.1, 0.15) is 35.3 Å². The Hall–Kier alpha value is -3.08. The highest BCUT2D eigenvalue weighted by Gasteiger charge is 2.38. The molecule has 1 N–H and O–H groups in total. The Labute approximate surface area is 139 Å². The number of hydrogen-bond donors (Lipinski definition) is 1. The second-order valence-electron chi connectivity index (χ2n) is 5.56. The lowest BCUT2D eigenvalue weighted by Gasteiger charge is -2.10. The number of pyridine rings is 1. The first-order valence-electron chi connectivity index (χ1n) is 7.64. The first-order valence-corrected chi connectivity index (χ1v) is 7.64. The number of carbonyl (C=O) groups excluding carboxylic acids is 1. The number of carbonyl (C=O) groups is 1. The van der Waals surface area contributed by atoms with E-state index in [1.165, 1.54) is 0 Å². The fourth-order valence-electron chi connectivity index (χ4n) is 2.34. The van der Waals surface area contributed by atoms with E-state index < -0.39 is 0 Å². The van der Waals surface area contributed by atoms with Gasteiger partial charge in [-0.3, -0.25) is 9.78 Å². The van der Waals surface area contributed by atoms with E-state index >= 15 is 0 Å². The molecule has 122 valence electrons. The molecule has 0 saturated carbocycles. The Morgan fingerprint density at radius 3 is 2.79 bits per heavy atom. The van der Waals surface area contributed by atoms with Gasteiger partial charge in [0.05, 0.1) is 12.2 Å². The van der Waals surface area contributed by atoms with Crippen molar-refractivity contribution in [2.75, 3.05) is 6.54 Å². The number of hydrogen-bond acceptors (Lipinski definition) is 6. The molecule has 24 heavy (non-hydrogen) atoms. The number of aromatic nitrogens is 4. The summed E-state index contributed by atoms with van der Waals surface area (Å²) < 4.78 is 1.79. The van der Waals surface area contributed by atoms with Gasteiger partial charge in [0.2, 0.25) is 0 Å². The van der Waals surface area contributed by atoms with Crippen molar-refractivity contribution in [3.8, 4) is 12.3 Å². The van der Waals surface area contributed by atoms with Crippen LogP contribution in [-0.2, 0) is 6.54 Å². The quantitative estimate of drug-likeness (QED) is 0.743. The summed E-state index contributed by atoms with van der Waals surface area (Å²) in [5.74, 6) is 2.44. The van der Waals surface area contributed by atoms with E-state index in [0.717, 1.165) is 12.1 Å². The predicted molar refractivity (Wildman–Crippen MR) is 86.0 cm³/mol. The topological polar surface area (TPSA) is 97.4 Å². The van der Waals surface area contributed by atoms with Crippen LogP contribution in [0, 0.1) is 12.3 Å². The summed E-state index contributed by atoms with van der Waals surface area (Å²) >= 11 is 0. The van der Waals surface area contributed by atoms with E-state index in [1.807, 2.05) is 0 Å². The number of amides is 1. The summed E-state index contributed by atoms with van der Waals surface area (Å²) in [5.41, 5.74) is 0.952. The van der Waals surface area contributed by atoms with Gasteiger partial charge < -0.3 is 9.88 Å². The molecule has 8 nitrogen and oxygen atoms in total. The summed E-state index contributed by atoms with van der Waals surface area (Å²) in [6.07, 6.45) is 12.1. The molecule has 2 aromatic heterocycles. The van der Waals surface area contributed by atoms with Crippen molar-refractivity contribution in [1.82, 2.24) is 25.1 Å². The van der Waals surface area contributed by atoms with Gasteiger partial charge in [-0.25, -0.2) is 0 Å². The van der Waals surface area contributed by atoms with E-state index in [2.05, 4.69) is 36.6 Å². The molecule has 0 radical (unpaired) electrons. The minimum Gasteiger partial charge on any atom is -0.352 e. The van der Waals surface area contributed by atoms with Gasteiger partial charge in [-0.15, -0.1) is 22.5 Å². The van der Waals surface area contributed by atoms with Gasteiger partial charge in [-0.1, -0.05) is 0 Å². The van der Waals surface area contributed by atoms with Crippen molar-refractivity contribution in [1.29, 1.82) is 0 Å². The average Bonchev–Trinajstić information content (AvgIpc) is 3.18. The largest absolute Gasteiger partial charge is 0.352 e. The molecule has 0 saturated heterocycles.